The summed E-state index contributed by atoms with van der Waals surface area (Å²) in [5, 5.41) is 2.92. The predicted molar refractivity (Wildman–Crippen MR) is 136 cm³/mol. The van der Waals surface area contributed by atoms with E-state index in [0.29, 0.717) is 27.8 Å². The van der Waals surface area contributed by atoms with Gasteiger partial charge in [0.2, 0.25) is 5.56 Å². The smallest absolute Gasteiger partial charge is 0.345 e. The third-order valence-electron chi connectivity index (χ3n) is 6.15. The van der Waals surface area contributed by atoms with Crippen LogP contribution in [0.3, 0.4) is 0 Å². The third-order valence-corrected chi connectivity index (χ3v) is 6.15. The molecule has 2 aromatic carbocycles. The van der Waals surface area contributed by atoms with Gasteiger partial charge in [-0.15, -0.1) is 0 Å². The quantitative estimate of drug-likeness (QED) is 0.382. The summed E-state index contributed by atoms with van der Waals surface area (Å²) in [5.41, 5.74) is 9.06. The van der Waals surface area contributed by atoms with E-state index in [1.54, 1.807) is 55.8 Å². The second-order valence-corrected chi connectivity index (χ2v) is 8.72. The van der Waals surface area contributed by atoms with Gasteiger partial charge >= 0.3 is 6.18 Å². The van der Waals surface area contributed by atoms with Crippen LogP contribution in [0.5, 0.6) is 0 Å². The monoisotopic (exact) mass is 506 g/mol. The van der Waals surface area contributed by atoms with E-state index in [0.717, 1.165) is 23.3 Å². The van der Waals surface area contributed by atoms with Crippen molar-refractivity contribution in [3.05, 3.63) is 112 Å². The van der Waals surface area contributed by atoms with Gasteiger partial charge in [0.05, 0.1) is 17.2 Å². The Morgan fingerprint density at radius 1 is 1.00 bits per heavy atom. The maximum absolute atomic E-state index is 13.2. The summed E-state index contributed by atoms with van der Waals surface area (Å²) in [6.45, 7) is 1.92. The Morgan fingerprint density at radius 2 is 1.70 bits per heavy atom. The molecule has 0 spiro atoms. The molecule has 6 nitrogen and oxygen atoms in total. The molecule has 1 atom stereocenters. The highest BCUT2D eigenvalue weighted by Crippen LogP contribution is 2.34. The van der Waals surface area contributed by atoms with Crippen molar-refractivity contribution in [1.29, 1.82) is 0 Å². The fourth-order valence-electron chi connectivity index (χ4n) is 4.00. The van der Waals surface area contributed by atoms with E-state index >= 15 is 0 Å². The normalized spacial score (nSPS) is 12.3. The lowest BCUT2D eigenvalue weighted by atomic mass is 9.95. The van der Waals surface area contributed by atoms with Gasteiger partial charge < -0.3 is 15.6 Å². The highest BCUT2D eigenvalue weighted by Gasteiger charge is 2.31. The second kappa shape index (κ2) is 10.4. The highest BCUT2D eigenvalue weighted by atomic mass is 19.4. The molecule has 0 fully saturated rings. The zero-order valence-electron chi connectivity index (χ0n) is 20.2. The SMILES string of the molecule is C[C@@H](NC(=O)c1cncc(-c2ccc(=O)n(C)c2)c1)c1ccc(-c2cc(C(F)(F)F)ccc2CN)cc1. The molecule has 0 saturated heterocycles. The molecule has 4 rings (SSSR count). The summed E-state index contributed by atoms with van der Waals surface area (Å²) in [6.07, 6.45) is 0.288. The largest absolute Gasteiger partial charge is 0.416 e. The van der Waals surface area contributed by atoms with E-state index in [9.17, 15) is 22.8 Å². The molecule has 2 heterocycles. The Morgan fingerprint density at radius 3 is 2.35 bits per heavy atom. The molecule has 37 heavy (non-hydrogen) atoms. The van der Waals surface area contributed by atoms with Crippen molar-refractivity contribution in [3.63, 3.8) is 0 Å². The van der Waals surface area contributed by atoms with Gasteiger partial charge in [-0.25, -0.2) is 0 Å². The first-order valence-corrected chi connectivity index (χ1v) is 11.5. The first-order chi connectivity index (χ1) is 17.6. The molecule has 2 aromatic heterocycles. The number of nitrogens with two attached hydrogens (primary N) is 1. The van der Waals surface area contributed by atoms with Crippen LogP contribution in [-0.2, 0) is 19.8 Å². The second-order valence-electron chi connectivity index (χ2n) is 8.72. The molecule has 0 bridgehead atoms. The molecule has 4 aromatic rings. The standard InChI is InChI=1S/C28H25F3N4O2/c1-17(34-27(37)23-11-22(14-33-15-23)21-8-10-26(36)35(2)16-21)18-3-5-19(6-4-18)25-12-24(28(29,30)31)9-7-20(25)13-32/h3-12,14-17H,13,32H2,1-2H3,(H,34,37)/t17-/m1/s1. The van der Waals surface area contributed by atoms with Gasteiger partial charge in [0.1, 0.15) is 0 Å². The number of aryl methyl sites for hydroxylation is 1. The molecule has 1 amide bonds. The van der Waals surface area contributed by atoms with Crippen LogP contribution in [0.25, 0.3) is 22.3 Å². The van der Waals surface area contributed by atoms with Crippen LogP contribution in [0.2, 0.25) is 0 Å². The average Bonchev–Trinajstić information content (AvgIpc) is 2.89. The minimum atomic E-state index is -4.45. The number of pyridine rings is 2. The molecule has 0 aliphatic carbocycles. The summed E-state index contributed by atoms with van der Waals surface area (Å²) < 4.78 is 41.1. The highest BCUT2D eigenvalue weighted by molar-refractivity contribution is 5.95. The van der Waals surface area contributed by atoms with Crippen LogP contribution < -0.4 is 16.6 Å². The Labute approximate surface area is 211 Å². The van der Waals surface area contributed by atoms with E-state index in [4.69, 9.17) is 5.73 Å². The minimum Gasteiger partial charge on any atom is -0.345 e. The molecule has 0 radical (unpaired) electrons. The van der Waals surface area contributed by atoms with Crippen molar-refractivity contribution in [3.8, 4) is 22.3 Å². The molecule has 3 N–H and O–H groups in total. The maximum atomic E-state index is 13.2. The molecule has 9 heteroatoms. The van der Waals surface area contributed by atoms with Gasteiger partial charge in [-0.1, -0.05) is 30.3 Å². The van der Waals surface area contributed by atoms with Crippen LogP contribution in [0, 0.1) is 0 Å². The number of amides is 1. The number of alkyl halides is 3. The molecule has 0 aliphatic heterocycles. The zero-order chi connectivity index (χ0) is 26.7. The summed E-state index contributed by atoms with van der Waals surface area (Å²) in [7, 11) is 1.65. The predicted octanol–water partition coefficient (Wildman–Crippen LogP) is 5.08. The number of benzene rings is 2. The third kappa shape index (κ3) is 5.78. The number of nitrogens with zero attached hydrogens (tertiary/aromatic N) is 2. The summed E-state index contributed by atoms with van der Waals surface area (Å²) in [4.78, 5) is 28.7. The summed E-state index contributed by atoms with van der Waals surface area (Å²) in [5.74, 6) is -0.334. The number of halogens is 3. The number of aromatic nitrogens is 2. The fraction of sp³-hybridized carbons (Fsp3) is 0.179. The average molecular weight is 507 g/mol. The van der Waals surface area contributed by atoms with Gasteiger partial charge in [-0.05, 0) is 59.0 Å². The Bertz CT molecular complexity index is 1490. The summed E-state index contributed by atoms with van der Waals surface area (Å²) in [6, 6.07) is 14.9. The number of hydrogen-bond acceptors (Lipinski definition) is 4. The number of carbonyl (C=O) groups is 1. The first kappa shape index (κ1) is 25.8. The van der Waals surface area contributed by atoms with Crippen LogP contribution in [0.4, 0.5) is 13.2 Å². The van der Waals surface area contributed by atoms with E-state index in [1.807, 2.05) is 6.92 Å². The number of rotatable bonds is 6. The van der Waals surface area contributed by atoms with Crippen molar-refractivity contribution in [2.24, 2.45) is 12.8 Å². The van der Waals surface area contributed by atoms with E-state index in [-0.39, 0.29) is 24.1 Å². The van der Waals surface area contributed by atoms with Gasteiger partial charge in [0.25, 0.3) is 5.91 Å². The topological polar surface area (TPSA) is 90.0 Å². The lowest BCUT2D eigenvalue weighted by Crippen LogP contribution is -2.26. The van der Waals surface area contributed by atoms with E-state index < -0.39 is 11.7 Å². The van der Waals surface area contributed by atoms with Crippen molar-refractivity contribution < 1.29 is 18.0 Å². The molecule has 190 valence electrons. The lowest BCUT2D eigenvalue weighted by Gasteiger charge is -2.17. The van der Waals surface area contributed by atoms with Crippen molar-refractivity contribution in [1.82, 2.24) is 14.9 Å². The van der Waals surface area contributed by atoms with Gasteiger partial charge in [0.15, 0.2) is 0 Å². The number of carbonyl (C=O) groups excluding carboxylic acids is 1. The van der Waals surface area contributed by atoms with E-state index in [2.05, 4.69) is 10.3 Å². The van der Waals surface area contributed by atoms with Crippen molar-refractivity contribution >= 4 is 5.91 Å². The molecule has 0 saturated carbocycles. The maximum Gasteiger partial charge on any atom is 0.416 e. The Kier molecular flexibility index (Phi) is 7.26. The van der Waals surface area contributed by atoms with Crippen LogP contribution in [-0.4, -0.2) is 15.5 Å². The fourth-order valence-corrected chi connectivity index (χ4v) is 4.00. The first-order valence-electron chi connectivity index (χ1n) is 11.5. The number of nitrogens with one attached hydrogen (secondary N) is 1. The van der Waals surface area contributed by atoms with Gasteiger partial charge in [0, 0.05) is 43.8 Å². The number of hydrogen-bond donors (Lipinski definition) is 2. The van der Waals surface area contributed by atoms with Crippen LogP contribution in [0.1, 0.15) is 40.0 Å². The summed E-state index contributed by atoms with van der Waals surface area (Å²) >= 11 is 0. The molecular weight excluding hydrogens is 481 g/mol. The Balaban J connectivity index is 1.52. The molecule has 0 aliphatic rings. The van der Waals surface area contributed by atoms with Crippen LogP contribution in [0.15, 0.2) is 84.0 Å². The Hall–Kier alpha value is -4.24. The minimum absolute atomic E-state index is 0.105. The molecular formula is C28H25F3N4O2. The lowest BCUT2D eigenvalue weighted by molar-refractivity contribution is -0.137. The van der Waals surface area contributed by atoms with Gasteiger partial charge in [-0.2, -0.15) is 13.2 Å². The van der Waals surface area contributed by atoms with Crippen LogP contribution >= 0.6 is 0 Å². The zero-order valence-corrected chi connectivity index (χ0v) is 20.2. The van der Waals surface area contributed by atoms with E-state index in [1.165, 1.54) is 22.9 Å². The van der Waals surface area contributed by atoms with Crippen molar-refractivity contribution in [2.75, 3.05) is 0 Å². The molecule has 0 unspecified atom stereocenters. The van der Waals surface area contributed by atoms with Crippen molar-refractivity contribution in [2.45, 2.75) is 25.7 Å². The van der Waals surface area contributed by atoms with Gasteiger partial charge in [-0.3, -0.25) is 14.6 Å².